The van der Waals surface area contributed by atoms with Gasteiger partial charge in [0.1, 0.15) is 5.54 Å². The van der Waals surface area contributed by atoms with E-state index in [2.05, 4.69) is 5.32 Å². The summed E-state index contributed by atoms with van der Waals surface area (Å²) in [5.41, 5.74) is -1.29. The van der Waals surface area contributed by atoms with Crippen molar-refractivity contribution in [1.29, 1.82) is 5.26 Å². The maximum Gasteiger partial charge on any atom is 0.329 e. The maximum absolute atomic E-state index is 12.0. The first kappa shape index (κ1) is 15.0. The molecule has 0 unspecified atom stereocenters. The molecule has 0 radical (unpaired) electrons. The van der Waals surface area contributed by atoms with Crippen LogP contribution in [0.3, 0.4) is 0 Å². The fourth-order valence-electron chi connectivity index (χ4n) is 1.49. The molecule has 1 atom stereocenters. The lowest BCUT2D eigenvalue weighted by molar-refractivity contribution is -0.144. The number of rotatable bonds is 5. The van der Waals surface area contributed by atoms with Gasteiger partial charge in [-0.25, -0.2) is 4.79 Å². The summed E-state index contributed by atoms with van der Waals surface area (Å²) in [4.78, 5) is 23.2. The molecule has 0 bridgehead atoms. The molecule has 6 heteroatoms. The van der Waals surface area contributed by atoms with E-state index in [9.17, 15) is 9.59 Å². The van der Waals surface area contributed by atoms with Gasteiger partial charge in [0.05, 0.1) is 16.7 Å². The Hall–Kier alpha value is -2.06. The number of nitrogens with one attached hydrogen (secondary N) is 1. The molecule has 0 aliphatic heterocycles. The van der Waals surface area contributed by atoms with Crippen LogP contribution in [0.2, 0.25) is 5.02 Å². The van der Waals surface area contributed by atoms with Crippen LogP contribution in [0.15, 0.2) is 24.3 Å². The second-order valence-corrected chi connectivity index (χ2v) is 4.64. The molecule has 0 saturated heterocycles. The van der Waals surface area contributed by atoms with Crippen LogP contribution in [0.1, 0.15) is 30.1 Å². The molecule has 0 fully saturated rings. The molecule has 0 saturated carbocycles. The molecule has 100 valence electrons. The Morgan fingerprint density at radius 1 is 1.47 bits per heavy atom. The summed E-state index contributed by atoms with van der Waals surface area (Å²) in [5.74, 6) is -1.77. The quantitative estimate of drug-likeness (QED) is 0.865. The molecule has 0 spiro atoms. The minimum absolute atomic E-state index is 0.0228. The molecule has 19 heavy (non-hydrogen) atoms. The molecule has 1 rings (SSSR count). The van der Waals surface area contributed by atoms with E-state index in [0.29, 0.717) is 0 Å². The second-order valence-electron chi connectivity index (χ2n) is 4.23. The number of benzene rings is 1. The van der Waals surface area contributed by atoms with Crippen LogP contribution in [-0.2, 0) is 4.79 Å². The summed E-state index contributed by atoms with van der Waals surface area (Å²) in [5, 5.41) is 20.4. The molecule has 1 amide bonds. The van der Waals surface area contributed by atoms with Gasteiger partial charge in [0.15, 0.2) is 0 Å². The highest BCUT2D eigenvalue weighted by atomic mass is 35.5. The first-order chi connectivity index (χ1) is 8.90. The van der Waals surface area contributed by atoms with E-state index in [1.165, 1.54) is 13.0 Å². The van der Waals surface area contributed by atoms with Crippen LogP contribution in [0, 0.1) is 11.3 Å². The number of carboxylic acid groups (broad SMARTS) is 1. The van der Waals surface area contributed by atoms with Crippen LogP contribution in [-0.4, -0.2) is 22.5 Å². The average Bonchev–Trinajstić information content (AvgIpc) is 2.36. The van der Waals surface area contributed by atoms with Gasteiger partial charge in [-0.15, -0.1) is 0 Å². The Bertz CT molecular complexity index is 539. The third-order valence-electron chi connectivity index (χ3n) is 2.72. The number of nitrogens with zero attached hydrogens (tertiary/aromatic N) is 1. The number of aliphatic carboxylic acids is 1. The number of carbonyl (C=O) groups is 2. The molecule has 0 aliphatic carbocycles. The maximum atomic E-state index is 12.0. The van der Waals surface area contributed by atoms with Gasteiger partial charge in [-0.2, -0.15) is 5.26 Å². The van der Waals surface area contributed by atoms with E-state index in [4.69, 9.17) is 22.0 Å². The van der Waals surface area contributed by atoms with Crippen molar-refractivity contribution < 1.29 is 14.7 Å². The van der Waals surface area contributed by atoms with E-state index in [0.717, 1.165) is 0 Å². The van der Waals surface area contributed by atoms with E-state index in [1.54, 1.807) is 18.2 Å². The minimum atomic E-state index is -1.49. The number of carboxylic acids is 1. The summed E-state index contributed by atoms with van der Waals surface area (Å²) < 4.78 is 0. The Balaban J connectivity index is 2.92. The zero-order valence-corrected chi connectivity index (χ0v) is 11.1. The highest BCUT2D eigenvalue weighted by Crippen LogP contribution is 2.18. The molecule has 2 N–H and O–H groups in total. The summed E-state index contributed by atoms with van der Waals surface area (Å²) >= 11 is 5.87. The smallest absolute Gasteiger partial charge is 0.329 e. The number of hydrogen-bond acceptors (Lipinski definition) is 3. The van der Waals surface area contributed by atoms with E-state index in [1.807, 2.05) is 6.07 Å². The first-order valence-corrected chi connectivity index (χ1v) is 5.96. The van der Waals surface area contributed by atoms with Crippen molar-refractivity contribution >= 4 is 23.5 Å². The van der Waals surface area contributed by atoms with Crippen molar-refractivity contribution in [3.8, 4) is 6.07 Å². The summed E-state index contributed by atoms with van der Waals surface area (Å²) in [6, 6.07) is 8.22. The van der Waals surface area contributed by atoms with Crippen molar-refractivity contribution in [1.82, 2.24) is 5.32 Å². The summed E-state index contributed by atoms with van der Waals surface area (Å²) in [6.45, 7) is 1.36. The topological polar surface area (TPSA) is 90.2 Å². The molecular formula is C13H13ClN2O3. The normalized spacial score (nSPS) is 13.1. The van der Waals surface area contributed by atoms with Crippen molar-refractivity contribution in [3.63, 3.8) is 0 Å². The van der Waals surface area contributed by atoms with Crippen molar-refractivity contribution in [3.05, 3.63) is 34.9 Å². The van der Waals surface area contributed by atoms with Crippen molar-refractivity contribution in [2.75, 3.05) is 0 Å². The number of amides is 1. The zero-order valence-electron chi connectivity index (χ0n) is 10.3. The molecule has 1 aromatic carbocycles. The molecular weight excluding hydrogens is 268 g/mol. The van der Waals surface area contributed by atoms with Gasteiger partial charge in [0, 0.05) is 6.42 Å². The van der Waals surface area contributed by atoms with Crippen LogP contribution in [0.5, 0.6) is 0 Å². The second kappa shape index (κ2) is 6.21. The predicted octanol–water partition coefficient (Wildman–Crippen LogP) is 2.22. The Morgan fingerprint density at radius 2 is 2.11 bits per heavy atom. The van der Waals surface area contributed by atoms with Gasteiger partial charge in [0.2, 0.25) is 0 Å². The first-order valence-electron chi connectivity index (χ1n) is 5.58. The lowest BCUT2D eigenvalue weighted by atomic mass is 9.95. The van der Waals surface area contributed by atoms with Crippen LogP contribution in [0.25, 0.3) is 0 Å². The van der Waals surface area contributed by atoms with Gasteiger partial charge < -0.3 is 10.4 Å². The Kier molecular flexibility index (Phi) is 4.90. The standard InChI is InChI=1S/C13H13ClN2O3/c1-13(12(18)19,7-4-8-15)16-11(17)9-5-2-3-6-10(9)14/h2-3,5-6H,4,7H2,1H3,(H,16,17)(H,18,19)/t13-/m1/s1. The molecule has 0 heterocycles. The van der Waals surface area contributed by atoms with Gasteiger partial charge in [0.25, 0.3) is 5.91 Å². The van der Waals surface area contributed by atoms with E-state index in [-0.39, 0.29) is 23.4 Å². The number of halogens is 1. The lowest BCUT2D eigenvalue weighted by Gasteiger charge is -2.25. The molecule has 5 nitrogen and oxygen atoms in total. The van der Waals surface area contributed by atoms with Gasteiger partial charge in [-0.1, -0.05) is 23.7 Å². The minimum Gasteiger partial charge on any atom is -0.480 e. The summed E-state index contributed by atoms with van der Waals surface area (Å²) in [6.07, 6.45) is 0.0562. The van der Waals surface area contributed by atoms with Gasteiger partial charge in [-0.05, 0) is 25.5 Å². The zero-order chi connectivity index (χ0) is 14.5. The predicted molar refractivity (Wildman–Crippen MR) is 69.8 cm³/mol. The number of hydrogen-bond donors (Lipinski definition) is 2. The fourth-order valence-corrected chi connectivity index (χ4v) is 1.71. The Morgan fingerprint density at radius 3 is 2.63 bits per heavy atom. The van der Waals surface area contributed by atoms with E-state index < -0.39 is 17.4 Å². The van der Waals surface area contributed by atoms with Crippen LogP contribution >= 0.6 is 11.6 Å². The molecule has 0 aliphatic rings. The van der Waals surface area contributed by atoms with Crippen molar-refractivity contribution in [2.45, 2.75) is 25.3 Å². The molecule has 0 aromatic heterocycles. The van der Waals surface area contributed by atoms with Crippen LogP contribution in [0.4, 0.5) is 0 Å². The summed E-state index contributed by atoms with van der Waals surface area (Å²) in [7, 11) is 0. The number of nitriles is 1. The lowest BCUT2D eigenvalue weighted by Crippen LogP contribution is -2.52. The van der Waals surface area contributed by atoms with Gasteiger partial charge in [-0.3, -0.25) is 4.79 Å². The van der Waals surface area contributed by atoms with Crippen LogP contribution < -0.4 is 5.32 Å². The monoisotopic (exact) mass is 280 g/mol. The highest BCUT2D eigenvalue weighted by Gasteiger charge is 2.34. The Labute approximate surface area is 115 Å². The molecule has 1 aromatic rings. The largest absolute Gasteiger partial charge is 0.480 e. The number of carbonyl (C=O) groups excluding carboxylic acids is 1. The highest BCUT2D eigenvalue weighted by molar-refractivity contribution is 6.33. The fraction of sp³-hybridized carbons (Fsp3) is 0.308. The SMILES string of the molecule is C[C@](CCC#N)(NC(=O)c1ccccc1Cl)C(=O)O. The third kappa shape index (κ3) is 3.70. The third-order valence-corrected chi connectivity index (χ3v) is 3.05. The van der Waals surface area contributed by atoms with Gasteiger partial charge >= 0.3 is 5.97 Å². The van der Waals surface area contributed by atoms with E-state index >= 15 is 0 Å². The van der Waals surface area contributed by atoms with Crippen molar-refractivity contribution in [2.24, 2.45) is 0 Å². The average molecular weight is 281 g/mol.